The van der Waals surface area contributed by atoms with E-state index in [9.17, 15) is 0 Å². The van der Waals surface area contributed by atoms with Crippen LogP contribution in [0.1, 0.15) is 12.5 Å². The van der Waals surface area contributed by atoms with E-state index < -0.39 is 10.0 Å². The Hall–Kier alpha value is -1.22. The van der Waals surface area contributed by atoms with Gasteiger partial charge in [-0.05, 0) is 25.5 Å². The molecule has 0 heterocycles. The fourth-order valence-electron chi connectivity index (χ4n) is 0.912. The Bertz CT molecular complexity index is 297. The van der Waals surface area contributed by atoms with Crippen LogP contribution < -0.4 is 4.43 Å². The molecule has 0 aliphatic heterocycles. The van der Waals surface area contributed by atoms with Crippen molar-refractivity contribution in [2.24, 2.45) is 0 Å². The molecule has 70 valence electrons. The molecule has 13 heavy (non-hydrogen) atoms. The lowest BCUT2D eigenvalue weighted by atomic mass is 10.2. The fraction of sp³-hybridized carbons (Fsp3) is 0.200. The largest absolute Gasteiger partial charge is 0.521 e. The van der Waals surface area contributed by atoms with E-state index in [2.05, 4.69) is 6.58 Å². The molecule has 2 nitrogen and oxygen atoms in total. The summed E-state index contributed by atoms with van der Waals surface area (Å²) in [6.07, 6.45) is 0. The average Bonchev–Trinajstić information content (AvgIpc) is 2.08. The van der Waals surface area contributed by atoms with Gasteiger partial charge >= 0.3 is 10.0 Å². The van der Waals surface area contributed by atoms with Gasteiger partial charge in [0.1, 0.15) is 5.75 Å². The molecular formula is C10H14O2Si. The first-order chi connectivity index (χ1) is 6.20. The van der Waals surface area contributed by atoms with Gasteiger partial charge in [-0.15, -0.1) is 0 Å². The number of hydrogen-bond donors (Lipinski definition) is 0. The molecule has 0 bridgehead atoms. The van der Waals surface area contributed by atoms with Crippen LogP contribution in [-0.4, -0.2) is 10.0 Å². The Morgan fingerprint density at radius 1 is 1.38 bits per heavy atom. The van der Waals surface area contributed by atoms with Crippen molar-refractivity contribution in [2.75, 3.05) is 0 Å². The number of allylic oxidation sites excluding steroid dienone is 1. The van der Waals surface area contributed by atoms with Crippen LogP contribution >= 0.6 is 0 Å². The van der Waals surface area contributed by atoms with Crippen LogP contribution in [0.4, 0.5) is 0 Å². The van der Waals surface area contributed by atoms with E-state index in [1.54, 1.807) is 0 Å². The predicted octanol–water partition coefficient (Wildman–Crippen LogP) is 1.92. The molecular weight excluding hydrogens is 180 g/mol. The third kappa shape index (κ3) is 3.34. The lowest BCUT2D eigenvalue weighted by Gasteiger charge is -2.09. The van der Waals surface area contributed by atoms with Gasteiger partial charge in [0.2, 0.25) is 0 Å². The van der Waals surface area contributed by atoms with Crippen LogP contribution in [0.3, 0.4) is 0 Å². The molecule has 0 atom stereocenters. The Labute approximate surface area is 81.2 Å². The number of rotatable bonds is 4. The summed E-state index contributed by atoms with van der Waals surface area (Å²) in [7, 11) is -0.955. The van der Waals surface area contributed by atoms with Gasteiger partial charge in [0.05, 0.1) is 5.76 Å². The molecule has 0 fully saturated rings. The van der Waals surface area contributed by atoms with Crippen molar-refractivity contribution in [3.05, 3.63) is 42.2 Å². The molecule has 1 rings (SSSR count). The van der Waals surface area contributed by atoms with Gasteiger partial charge in [0.15, 0.2) is 0 Å². The Morgan fingerprint density at radius 2 is 2.08 bits per heavy atom. The van der Waals surface area contributed by atoms with E-state index >= 15 is 0 Å². The zero-order valence-corrected chi connectivity index (χ0v) is 9.45. The quantitative estimate of drug-likeness (QED) is 0.538. The van der Waals surface area contributed by atoms with Crippen LogP contribution in [0.5, 0.6) is 5.75 Å². The highest BCUT2D eigenvalue weighted by molar-refractivity contribution is 6.19. The molecule has 1 aromatic carbocycles. The van der Waals surface area contributed by atoms with E-state index in [0.29, 0.717) is 0 Å². The van der Waals surface area contributed by atoms with Crippen molar-refractivity contribution >= 4 is 10.0 Å². The lowest BCUT2D eigenvalue weighted by Crippen LogP contribution is -2.06. The first-order valence-electron chi connectivity index (χ1n) is 4.17. The molecule has 1 aromatic rings. The van der Waals surface area contributed by atoms with Crippen LogP contribution in [0, 0.1) is 6.92 Å². The van der Waals surface area contributed by atoms with Crippen molar-refractivity contribution in [1.29, 1.82) is 0 Å². The average molecular weight is 194 g/mol. The van der Waals surface area contributed by atoms with Crippen molar-refractivity contribution in [1.82, 2.24) is 0 Å². The molecule has 0 spiro atoms. The third-order valence-electron chi connectivity index (χ3n) is 1.61. The van der Waals surface area contributed by atoms with Crippen molar-refractivity contribution in [3.63, 3.8) is 0 Å². The van der Waals surface area contributed by atoms with Crippen molar-refractivity contribution in [2.45, 2.75) is 13.8 Å². The van der Waals surface area contributed by atoms with E-state index in [-0.39, 0.29) is 0 Å². The highest BCUT2D eigenvalue weighted by Gasteiger charge is 1.97. The highest BCUT2D eigenvalue weighted by Crippen LogP contribution is 2.15. The predicted molar refractivity (Wildman–Crippen MR) is 56.3 cm³/mol. The smallest absolute Gasteiger partial charge is 0.427 e. The van der Waals surface area contributed by atoms with Gasteiger partial charge in [-0.1, -0.05) is 24.8 Å². The minimum Gasteiger partial charge on any atom is -0.521 e. The molecule has 0 amide bonds. The summed E-state index contributed by atoms with van der Waals surface area (Å²) >= 11 is 0. The maximum atomic E-state index is 5.50. The van der Waals surface area contributed by atoms with Gasteiger partial charge in [0, 0.05) is 0 Å². The second-order valence-corrected chi connectivity index (χ2v) is 3.69. The van der Waals surface area contributed by atoms with Crippen molar-refractivity contribution in [3.8, 4) is 5.75 Å². The molecule has 0 radical (unpaired) electrons. The summed E-state index contributed by atoms with van der Waals surface area (Å²) in [4.78, 5) is 0. The Morgan fingerprint density at radius 3 is 2.69 bits per heavy atom. The second kappa shape index (κ2) is 4.72. The number of benzene rings is 1. The molecule has 0 unspecified atom stereocenters. The second-order valence-electron chi connectivity index (χ2n) is 2.87. The molecule has 0 saturated heterocycles. The van der Waals surface area contributed by atoms with Gasteiger partial charge in [-0.25, -0.2) is 0 Å². The summed E-state index contributed by atoms with van der Waals surface area (Å²) < 4.78 is 10.7. The number of hydrogen-bond acceptors (Lipinski definition) is 2. The van der Waals surface area contributed by atoms with E-state index in [1.165, 1.54) is 0 Å². The van der Waals surface area contributed by atoms with Crippen LogP contribution in [-0.2, 0) is 4.43 Å². The summed E-state index contributed by atoms with van der Waals surface area (Å²) in [5, 5.41) is 0. The van der Waals surface area contributed by atoms with Crippen LogP contribution in [0.25, 0.3) is 0 Å². The fourth-order valence-corrected chi connectivity index (χ4v) is 1.62. The molecule has 0 aliphatic carbocycles. The first kappa shape index (κ1) is 9.86. The Balaban J connectivity index is 2.45. The topological polar surface area (TPSA) is 18.5 Å². The third-order valence-corrected chi connectivity index (χ3v) is 2.65. The SMILES string of the molecule is C=C(C)O[SiH2]Oc1ccccc1C. The monoisotopic (exact) mass is 194 g/mol. The summed E-state index contributed by atoms with van der Waals surface area (Å²) in [5.41, 5.74) is 1.14. The van der Waals surface area contributed by atoms with Crippen molar-refractivity contribution < 1.29 is 8.85 Å². The summed E-state index contributed by atoms with van der Waals surface area (Å²) in [5.74, 6) is 1.63. The molecule has 0 aliphatic rings. The van der Waals surface area contributed by atoms with E-state index in [4.69, 9.17) is 8.85 Å². The normalized spacial score (nSPS) is 10.3. The van der Waals surface area contributed by atoms with Crippen LogP contribution in [0.2, 0.25) is 0 Å². The zero-order chi connectivity index (χ0) is 9.68. The van der Waals surface area contributed by atoms with E-state index in [0.717, 1.165) is 17.1 Å². The highest BCUT2D eigenvalue weighted by atomic mass is 28.3. The first-order valence-corrected chi connectivity index (χ1v) is 5.32. The van der Waals surface area contributed by atoms with Crippen LogP contribution in [0.15, 0.2) is 36.6 Å². The molecule has 0 saturated carbocycles. The van der Waals surface area contributed by atoms with Gasteiger partial charge in [-0.3, -0.25) is 0 Å². The summed E-state index contributed by atoms with van der Waals surface area (Å²) in [6, 6.07) is 7.91. The van der Waals surface area contributed by atoms with Gasteiger partial charge in [0.25, 0.3) is 0 Å². The zero-order valence-electron chi connectivity index (χ0n) is 8.04. The maximum Gasteiger partial charge on any atom is 0.427 e. The molecule has 3 heteroatoms. The maximum absolute atomic E-state index is 5.50. The van der Waals surface area contributed by atoms with E-state index in [1.807, 2.05) is 38.1 Å². The number of para-hydroxylation sites is 1. The summed E-state index contributed by atoms with van der Waals surface area (Å²) in [6.45, 7) is 7.49. The molecule has 0 aromatic heterocycles. The number of aryl methyl sites for hydroxylation is 1. The minimum absolute atomic E-state index is 0.722. The standard InChI is InChI=1S/C10H14O2Si/c1-8(2)11-13-12-10-7-5-4-6-9(10)3/h4-7H,1,13H2,2-3H3. The van der Waals surface area contributed by atoms with Gasteiger partial charge in [-0.2, -0.15) is 0 Å². The molecule has 0 N–H and O–H groups in total. The lowest BCUT2D eigenvalue weighted by molar-refractivity contribution is 0.378. The van der Waals surface area contributed by atoms with Gasteiger partial charge < -0.3 is 8.85 Å². The minimum atomic E-state index is -0.955. The Kier molecular flexibility index (Phi) is 3.58.